The molecule has 0 radical (unpaired) electrons. The summed E-state index contributed by atoms with van der Waals surface area (Å²) in [6.07, 6.45) is 1.70. The summed E-state index contributed by atoms with van der Waals surface area (Å²) < 4.78 is 5.41. The van der Waals surface area contributed by atoms with Crippen molar-refractivity contribution in [1.29, 1.82) is 0 Å². The van der Waals surface area contributed by atoms with Crippen LogP contribution in [0.2, 0.25) is 0 Å². The number of nitrogens with zero attached hydrogens (tertiary/aromatic N) is 1. The highest BCUT2D eigenvalue weighted by Crippen LogP contribution is 2.29. The van der Waals surface area contributed by atoms with Crippen molar-refractivity contribution < 1.29 is 9.57 Å². The van der Waals surface area contributed by atoms with Crippen LogP contribution in [0.1, 0.15) is 5.56 Å². The Morgan fingerprint density at radius 1 is 1.23 bits per heavy atom. The van der Waals surface area contributed by atoms with Crippen LogP contribution in [0.4, 0.5) is 0 Å². The maximum absolute atomic E-state index is 5.41. The van der Waals surface area contributed by atoms with Crippen LogP contribution < -0.4 is 4.74 Å². The van der Waals surface area contributed by atoms with E-state index < -0.39 is 0 Å². The van der Waals surface area contributed by atoms with Gasteiger partial charge in [0.25, 0.3) is 0 Å². The molecule has 13 heavy (non-hydrogen) atoms. The normalized spacial score (nSPS) is 17.5. The van der Waals surface area contributed by atoms with Gasteiger partial charge in [0.2, 0.25) is 0 Å². The summed E-state index contributed by atoms with van der Waals surface area (Å²) in [5, 5.41) is 3.97. The monoisotopic (exact) mass is 173 g/mol. The number of oxime groups is 1. The van der Waals surface area contributed by atoms with Crippen LogP contribution in [-0.4, -0.2) is 12.3 Å². The van der Waals surface area contributed by atoms with Gasteiger partial charge in [-0.15, -0.1) is 0 Å². The molecule has 0 atom stereocenters. The summed E-state index contributed by atoms with van der Waals surface area (Å²) in [5.74, 6) is 0.843. The van der Waals surface area contributed by atoms with Crippen molar-refractivity contribution in [3.05, 3.63) is 41.7 Å². The number of ether oxygens (including phenoxy) is 1. The Hall–Kier alpha value is -1.77. The molecule has 0 amide bonds. The highest BCUT2D eigenvalue weighted by molar-refractivity contribution is 6.15. The van der Waals surface area contributed by atoms with E-state index in [1.165, 1.54) is 0 Å². The molecular formula is C10H7NO2. The minimum atomic E-state index is 0.518. The van der Waals surface area contributed by atoms with E-state index in [0.717, 1.165) is 22.6 Å². The van der Waals surface area contributed by atoms with E-state index >= 15 is 0 Å². The van der Waals surface area contributed by atoms with E-state index in [0.29, 0.717) is 6.61 Å². The van der Waals surface area contributed by atoms with Gasteiger partial charge in [-0.3, -0.25) is 0 Å². The lowest BCUT2D eigenvalue weighted by Gasteiger charge is -2.12. The molecule has 3 nitrogen and oxygen atoms in total. The van der Waals surface area contributed by atoms with E-state index in [1.807, 2.05) is 24.3 Å². The van der Waals surface area contributed by atoms with Gasteiger partial charge in [0.05, 0.1) is 5.57 Å². The van der Waals surface area contributed by atoms with E-state index in [2.05, 4.69) is 5.16 Å². The summed E-state index contributed by atoms with van der Waals surface area (Å²) in [5.41, 5.74) is 2.93. The summed E-state index contributed by atoms with van der Waals surface area (Å²) in [7, 11) is 0. The minimum Gasteiger partial charge on any atom is -0.464 e. The molecule has 0 aromatic heterocycles. The average molecular weight is 173 g/mol. The third-order valence-electron chi connectivity index (χ3n) is 2.15. The zero-order valence-corrected chi connectivity index (χ0v) is 6.86. The molecule has 0 bridgehead atoms. The number of para-hydroxylation sites is 1. The Morgan fingerprint density at radius 3 is 3.15 bits per heavy atom. The van der Waals surface area contributed by atoms with Gasteiger partial charge < -0.3 is 9.57 Å². The highest BCUT2D eigenvalue weighted by atomic mass is 16.6. The van der Waals surface area contributed by atoms with E-state index in [9.17, 15) is 0 Å². The number of hydrogen-bond acceptors (Lipinski definition) is 3. The van der Waals surface area contributed by atoms with Crippen LogP contribution in [0, 0.1) is 0 Å². The predicted octanol–water partition coefficient (Wildman–Crippen LogP) is 1.70. The van der Waals surface area contributed by atoms with Crippen molar-refractivity contribution in [3.8, 4) is 5.75 Å². The number of benzene rings is 1. The smallest absolute Gasteiger partial charge is 0.147 e. The molecule has 2 heterocycles. The third-order valence-corrected chi connectivity index (χ3v) is 2.15. The molecule has 2 aliphatic rings. The predicted molar refractivity (Wildman–Crippen MR) is 47.6 cm³/mol. The number of hydrogen-bond donors (Lipinski definition) is 0. The quantitative estimate of drug-likeness (QED) is 0.597. The van der Waals surface area contributed by atoms with Crippen molar-refractivity contribution in [2.45, 2.75) is 0 Å². The van der Waals surface area contributed by atoms with Crippen LogP contribution >= 0.6 is 0 Å². The van der Waals surface area contributed by atoms with Crippen LogP contribution in [0.3, 0.4) is 0 Å². The van der Waals surface area contributed by atoms with Crippen LogP contribution in [0.15, 0.2) is 41.3 Å². The van der Waals surface area contributed by atoms with Gasteiger partial charge in [0.15, 0.2) is 0 Å². The maximum Gasteiger partial charge on any atom is 0.147 e. The highest BCUT2D eigenvalue weighted by Gasteiger charge is 2.24. The molecule has 64 valence electrons. The topological polar surface area (TPSA) is 30.8 Å². The lowest BCUT2D eigenvalue weighted by Crippen LogP contribution is -2.10. The van der Waals surface area contributed by atoms with Gasteiger partial charge in [-0.05, 0) is 12.1 Å². The molecular weight excluding hydrogens is 166 g/mol. The van der Waals surface area contributed by atoms with Crippen molar-refractivity contribution in [3.63, 3.8) is 0 Å². The zero-order valence-electron chi connectivity index (χ0n) is 6.86. The fourth-order valence-electron chi connectivity index (χ4n) is 1.50. The van der Waals surface area contributed by atoms with Crippen LogP contribution in [0.25, 0.3) is 0 Å². The first-order valence-electron chi connectivity index (χ1n) is 4.10. The van der Waals surface area contributed by atoms with Gasteiger partial charge >= 0.3 is 0 Å². The first kappa shape index (κ1) is 6.71. The van der Waals surface area contributed by atoms with Crippen molar-refractivity contribution >= 4 is 5.71 Å². The lowest BCUT2D eigenvalue weighted by atomic mass is 10.0. The summed E-state index contributed by atoms with van der Waals surface area (Å²) >= 11 is 0. The van der Waals surface area contributed by atoms with Crippen LogP contribution in [-0.2, 0) is 4.84 Å². The SMILES string of the molecule is C1=C2CON=C2c2ccccc2O1. The molecule has 0 fully saturated rings. The molecule has 0 spiro atoms. The van der Waals surface area contributed by atoms with Gasteiger partial charge in [-0.2, -0.15) is 0 Å². The molecule has 2 aliphatic heterocycles. The second kappa shape index (κ2) is 2.36. The van der Waals surface area contributed by atoms with Gasteiger partial charge in [-0.25, -0.2) is 0 Å². The molecule has 0 saturated carbocycles. The first-order valence-corrected chi connectivity index (χ1v) is 4.10. The van der Waals surface area contributed by atoms with E-state index in [1.54, 1.807) is 6.26 Å². The second-order valence-electron chi connectivity index (χ2n) is 2.97. The van der Waals surface area contributed by atoms with Crippen molar-refractivity contribution in [1.82, 2.24) is 0 Å². The Kier molecular flexibility index (Phi) is 1.22. The minimum absolute atomic E-state index is 0.518. The maximum atomic E-state index is 5.41. The Balaban J connectivity index is 2.22. The number of rotatable bonds is 0. The average Bonchev–Trinajstić information content (AvgIpc) is 2.65. The molecule has 1 aromatic carbocycles. The molecule has 0 saturated heterocycles. The fraction of sp³-hybridized carbons (Fsp3) is 0.100. The Labute approximate surface area is 75.3 Å². The van der Waals surface area contributed by atoms with E-state index in [4.69, 9.17) is 9.57 Å². The summed E-state index contributed by atoms with van der Waals surface area (Å²) in [6, 6.07) is 7.80. The second-order valence-corrected chi connectivity index (χ2v) is 2.97. The zero-order chi connectivity index (χ0) is 8.67. The van der Waals surface area contributed by atoms with Gasteiger partial charge in [0, 0.05) is 5.56 Å². The van der Waals surface area contributed by atoms with Crippen molar-refractivity contribution in [2.24, 2.45) is 5.16 Å². The van der Waals surface area contributed by atoms with E-state index in [-0.39, 0.29) is 0 Å². The van der Waals surface area contributed by atoms with Gasteiger partial charge in [-0.1, -0.05) is 17.3 Å². The summed E-state index contributed by atoms with van der Waals surface area (Å²) in [6.45, 7) is 0.518. The third kappa shape index (κ3) is 0.869. The molecule has 0 aliphatic carbocycles. The lowest BCUT2D eigenvalue weighted by molar-refractivity contribution is 0.186. The molecule has 3 heteroatoms. The first-order chi connectivity index (χ1) is 6.45. The van der Waals surface area contributed by atoms with Gasteiger partial charge in [0.1, 0.15) is 24.3 Å². The Morgan fingerprint density at radius 2 is 2.15 bits per heavy atom. The summed E-state index contributed by atoms with van der Waals surface area (Å²) in [4.78, 5) is 4.99. The standard InChI is InChI=1S/C10H7NO2/c1-2-4-9-8(3-1)10-7(5-12-9)6-13-11-10/h1-5H,6H2. The number of fused-ring (bicyclic) bond motifs is 3. The molecule has 0 N–H and O–H groups in total. The largest absolute Gasteiger partial charge is 0.464 e. The molecule has 0 unspecified atom stereocenters. The fourth-order valence-corrected chi connectivity index (χ4v) is 1.50. The van der Waals surface area contributed by atoms with Crippen molar-refractivity contribution in [2.75, 3.05) is 6.61 Å². The Bertz CT molecular complexity index is 421. The molecule has 1 aromatic rings. The van der Waals surface area contributed by atoms with Crippen LogP contribution in [0.5, 0.6) is 5.75 Å². The molecule has 3 rings (SSSR count).